The van der Waals surface area contributed by atoms with Crippen molar-refractivity contribution >= 4 is 0 Å². The lowest BCUT2D eigenvalue weighted by Gasteiger charge is -2.48. The molecule has 0 heterocycles. The molecule has 2 N–H and O–H groups in total. The van der Waals surface area contributed by atoms with E-state index in [4.69, 9.17) is 5.73 Å². The Morgan fingerprint density at radius 1 is 0.870 bits per heavy atom. The van der Waals surface area contributed by atoms with Crippen molar-refractivity contribution in [3.8, 4) is 0 Å². The summed E-state index contributed by atoms with van der Waals surface area (Å²) in [5.41, 5.74) is 9.01. The second-order valence-electron chi connectivity index (χ2n) is 7.52. The number of benzene rings is 2. The Labute approximate surface area is 140 Å². The summed E-state index contributed by atoms with van der Waals surface area (Å²) < 4.78 is 0. The van der Waals surface area contributed by atoms with Gasteiger partial charge in [0.25, 0.3) is 0 Å². The van der Waals surface area contributed by atoms with Gasteiger partial charge < -0.3 is 5.73 Å². The zero-order valence-electron chi connectivity index (χ0n) is 14.3. The molecule has 2 heteroatoms. The maximum absolute atomic E-state index is 6.29. The minimum Gasteiger partial charge on any atom is -0.325 e. The van der Waals surface area contributed by atoms with Gasteiger partial charge in [-0.25, -0.2) is 0 Å². The summed E-state index contributed by atoms with van der Waals surface area (Å²) in [5, 5.41) is 0. The van der Waals surface area contributed by atoms with Crippen LogP contribution in [0.2, 0.25) is 0 Å². The van der Waals surface area contributed by atoms with E-state index in [0.717, 1.165) is 13.1 Å². The lowest BCUT2D eigenvalue weighted by Crippen LogP contribution is -2.54. The van der Waals surface area contributed by atoms with Crippen molar-refractivity contribution in [1.82, 2.24) is 4.90 Å². The third kappa shape index (κ3) is 4.21. The first-order chi connectivity index (χ1) is 11.0. The third-order valence-corrected chi connectivity index (χ3v) is 5.14. The van der Waals surface area contributed by atoms with E-state index in [2.05, 4.69) is 79.4 Å². The van der Waals surface area contributed by atoms with Crippen molar-refractivity contribution in [2.24, 2.45) is 11.7 Å². The largest absolute Gasteiger partial charge is 0.325 e. The highest BCUT2D eigenvalue weighted by Crippen LogP contribution is 2.39. The van der Waals surface area contributed by atoms with Crippen LogP contribution in [0.4, 0.5) is 0 Å². The summed E-state index contributed by atoms with van der Waals surface area (Å²) in [6, 6.07) is 22.2. The maximum Gasteiger partial charge on any atom is 0.0240 e. The van der Waals surface area contributed by atoms with E-state index < -0.39 is 0 Å². The minimum absolute atomic E-state index is 0.0539. The molecule has 0 saturated heterocycles. The molecule has 0 bridgehead atoms. The van der Waals surface area contributed by atoms with E-state index in [-0.39, 0.29) is 5.54 Å². The molecular formula is C21H28N2. The second kappa shape index (κ2) is 6.86. The molecule has 0 atom stereocenters. The van der Waals surface area contributed by atoms with E-state index in [1.165, 1.54) is 24.0 Å². The van der Waals surface area contributed by atoms with E-state index in [0.29, 0.717) is 12.0 Å². The van der Waals surface area contributed by atoms with Gasteiger partial charge in [-0.3, -0.25) is 4.90 Å². The van der Waals surface area contributed by atoms with Crippen molar-refractivity contribution in [1.29, 1.82) is 0 Å². The average Bonchev–Trinajstić information content (AvgIpc) is 2.46. The number of rotatable bonds is 6. The minimum atomic E-state index is -0.0539. The van der Waals surface area contributed by atoms with E-state index >= 15 is 0 Å². The van der Waals surface area contributed by atoms with Gasteiger partial charge in [-0.05, 0) is 43.7 Å². The van der Waals surface area contributed by atoms with Gasteiger partial charge in [-0.15, -0.1) is 0 Å². The number of hydrogen-bond donors (Lipinski definition) is 1. The Balaban J connectivity index is 1.69. The fourth-order valence-corrected chi connectivity index (χ4v) is 3.44. The fraction of sp³-hybridized carbons (Fsp3) is 0.429. The van der Waals surface area contributed by atoms with Crippen LogP contribution in [-0.2, 0) is 13.1 Å². The van der Waals surface area contributed by atoms with Crippen molar-refractivity contribution in [2.75, 3.05) is 0 Å². The molecule has 1 saturated carbocycles. The first-order valence-corrected chi connectivity index (χ1v) is 8.63. The van der Waals surface area contributed by atoms with Gasteiger partial charge in [0.2, 0.25) is 0 Å². The van der Waals surface area contributed by atoms with Crippen LogP contribution in [0.25, 0.3) is 0 Å². The average molecular weight is 308 g/mol. The fourth-order valence-electron chi connectivity index (χ4n) is 3.44. The normalized spacial score (nSPS) is 21.2. The lowest BCUT2D eigenvalue weighted by atomic mass is 9.69. The van der Waals surface area contributed by atoms with Crippen LogP contribution in [0.5, 0.6) is 0 Å². The molecule has 0 unspecified atom stereocenters. The van der Waals surface area contributed by atoms with Crippen LogP contribution in [-0.4, -0.2) is 16.5 Å². The summed E-state index contributed by atoms with van der Waals surface area (Å²) in [6.07, 6.45) is 2.42. The third-order valence-electron chi connectivity index (χ3n) is 5.14. The van der Waals surface area contributed by atoms with Gasteiger partial charge in [-0.1, -0.05) is 60.7 Å². The number of hydrogen-bond acceptors (Lipinski definition) is 2. The van der Waals surface area contributed by atoms with Gasteiger partial charge in [0.15, 0.2) is 0 Å². The van der Waals surface area contributed by atoms with Crippen molar-refractivity contribution in [3.05, 3.63) is 71.8 Å². The highest BCUT2D eigenvalue weighted by atomic mass is 15.2. The van der Waals surface area contributed by atoms with Crippen LogP contribution in [0, 0.1) is 5.92 Å². The SMILES string of the molecule is CC(C)(N)C1CC(N(Cc2ccccc2)Cc2ccccc2)C1. The highest BCUT2D eigenvalue weighted by molar-refractivity contribution is 5.18. The summed E-state index contributed by atoms with van der Waals surface area (Å²) in [7, 11) is 0. The molecule has 3 rings (SSSR count). The van der Waals surface area contributed by atoms with Crippen LogP contribution < -0.4 is 5.73 Å². The topological polar surface area (TPSA) is 29.3 Å². The molecule has 0 spiro atoms. The predicted molar refractivity (Wildman–Crippen MR) is 96.9 cm³/mol. The van der Waals surface area contributed by atoms with Crippen LogP contribution >= 0.6 is 0 Å². The monoisotopic (exact) mass is 308 g/mol. The molecule has 2 aromatic carbocycles. The maximum atomic E-state index is 6.29. The molecule has 0 radical (unpaired) electrons. The Hall–Kier alpha value is -1.64. The lowest BCUT2D eigenvalue weighted by molar-refractivity contribution is 0.0345. The molecule has 0 aliphatic heterocycles. The van der Waals surface area contributed by atoms with Crippen molar-refractivity contribution in [2.45, 2.75) is 51.4 Å². The van der Waals surface area contributed by atoms with E-state index in [1.807, 2.05) is 0 Å². The first-order valence-electron chi connectivity index (χ1n) is 8.63. The Morgan fingerprint density at radius 3 is 1.70 bits per heavy atom. The Morgan fingerprint density at radius 2 is 1.30 bits per heavy atom. The molecule has 0 amide bonds. The van der Waals surface area contributed by atoms with Gasteiger partial charge in [0.1, 0.15) is 0 Å². The summed E-state index contributed by atoms with van der Waals surface area (Å²) >= 11 is 0. The predicted octanol–water partition coefficient (Wildman–Crippen LogP) is 4.20. The van der Waals surface area contributed by atoms with Gasteiger partial charge in [0.05, 0.1) is 0 Å². The molecule has 23 heavy (non-hydrogen) atoms. The summed E-state index contributed by atoms with van der Waals surface area (Å²) in [6.45, 7) is 6.34. The summed E-state index contributed by atoms with van der Waals surface area (Å²) in [4.78, 5) is 2.62. The van der Waals surface area contributed by atoms with Gasteiger partial charge in [0, 0.05) is 24.7 Å². The molecule has 1 aliphatic carbocycles. The summed E-state index contributed by atoms with van der Waals surface area (Å²) in [5.74, 6) is 0.640. The molecule has 2 aromatic rings. The molecular weight excluding hydrogens is 280 g/mol. The number of nitrogens with zero attached hydrogens (tertiary/aromatic N) is 1. The zero-order valence-corrected chi connectivity index (χ0v) is 14.3. The molecule has 1 aliphatic rings. The standard InChI is InChI=1S/C21H28N2/c1-21(2,22)19-13-20(14-19)23(15-17-9-5-3-6-10-17)16-18-11-7-4-8-12-18/h3-12,19-20H,13-16,22H2,1-2H3. The molecule has 2 nitrogen and oxygen atoms in total. The van der Waals surface area contributed by atoms with Crippen LogP contribution in [0.15, 0.2) is 60.7 Å². The van der Waals surface area contributed by atoms with Gasteiger partial charge in [-0.2, -0.15) is 0 Å². The zero-order chi connectivity index (χ0) is 16.3. The Bertz CT molecular complexity index is 553. The van der Waals surface area contributed by atoms with Crippen LogP contribution in [0.1, 0.15) is 37.8 Å². The van der Waals surface area contributed by atoms with Crippen molar-refractivity contribution in [3.63, 3.8) is 0 Å². The van der Waals surface area contributed by atoms with Crippen LogP contribution in [0.3, 0.4) is 0 Å². The first kappa shape index (κ1) is 16.2. The molecule has 1 fully saturated rings. The smallest absolute Gasteiger partial charge is 0.0240 e. The quantitative estimate of drug-likeness (QED) is 0.866. The molecule has 122 valence electrons. The van der Waals surface area contributed by atoms with E-state index in [1.54, 1.807) is 0 Å². The highest BCUT2D eigenvalue weighted by Gasteiger charge is 2.40. The number of nitrogens with two attached hydrogens (primary N) is 1. The Kier molecular flexibility index (Phi) is 4.84. The van der Waals surface area contributed by atoms with E-state index in [9.17, 15) is 0 Å². The van der Waals surface area contributed by atoms with Gasteiger partial charge >= 0.3 is 0 Å². The molecule has 0 aromatic heterocycles. The van der Waals surface area contributed by atoms with Crippen molar-refractivity contribution < 1.29 is 0 Å². The second-order valence-corrected chi connectivity index (χ2v) is 7.52.